The Balaban J connectivity index is 1.67. The molecule has 0 atom stereocenters. The number of carbonyl (C=O) groups excluding carboxylic acids is 1. The second-order valence-electron chi connectivity index (χ2n) is 7.65. The van der Waals surface area contributed by atoms with Crippen molar-refractivity contribution >= 4 is 15.9 Å². The molecule has 0 bridgehead atoms. The van der Waals surface area contributed by atoms with Crippen LogP contribution in [0.1, 0.15) is 28.8 Å². The molecule has 1 N–H and O–H groups in total. The quantitative estimate of drug-likeness (QED) is 0.658. The first-order valence-corrected chi connectivity index (χ1v) is 11.6. The van der Waals surface area contributed by atoms with E-state index in [1.807, 2.05) is 0 Å². The lowest BCUT2D eigenvalue weighted by atomic mass is 10.0. The normalized spacial score (nSPS) is 15.8. The van der Waals surface area contributed by atoms with Gasteiger partial charge in [0.2, 0.25) is 10.0 Å². The van der Waals surface area contributed by atoms with Crippen LogP contribution in [0.15, 0.2) is 72.1 Å². The second-order valence-corrected chi connectivity index (χ2v) is 9.59. The van der Waals surface area contributed by atoms with Crippen LogP contribution >= 0.6 is 0 Å². The Labute approximate surface area is 179 Å². The molecule has 0 unspecified atom stereocenters. The molecule has 0 saturated carbocycles. The molecule has 2 aromatic carbocycles. The molecule has 1 fully saturated rings. The van der Waals surface area contributed by atoms with E-state index in [2.05, 4.69) is 23.8 Å². The van der Waals surface area contributed by atoms with Crippen molar-refractivity contribution in [3.8, 4) is 0 Å². The van der Waals surface area contributed by atoms with Gasteiger partial charge in [-0.3, -0.25) is 4.79 Å². The molecule has 3 rings (SSSR count). The van der Waals surface area contributed by atoms with Gasteiger partial charge in [-0.2, -0.15) is 4.31 Å². The number of likely N-dealkylation sites (tertiary alicyclic amines) is 1. The molecule has 1 amide bonds. The molecule has 7 heteroatoms. The standard InChI is InChI=1S/C23H29N3O3S/c1-3-15-26(30(28,29)22-7-5-4-6-8-22)18-19-9-11-20(12-10-19)23(27)24-21-13-16-25(2)17-14-21/h3-12,21H,1,13-18H2,2H3,(H,24,27). The van der Waals surface area contributed by atoms with Crippen LogP contribution in [-0.4, -0.2) is 56.3 Å². The summed E-state index contributed by atoms with van der Waals surface area (Å²) in [5.41, 5.74) is 1.39. The number of piperidine rings is 1. The van der Waals surface area contributed by atoms with Crippen LogP contribution in [0.25, 0.3) is 0 Å². The van der Waals surface area contributed by atoms with Gasteiger partial charge in [0.1, 0.15) is 0 Å². The Bertz CT molecular complexity index is 951. The summed E-state index contributed by atoms with van der Waals surface area (Å²) in [4.78, 5) is 15.0. The Morgan fingerprint density at radius 3 is 2.37 bits per heavy atom. The number of nitrogens with one attached hydrogen (secondary N) is 1. The maximum Gasteiger partial charge on any atom is 0.251 e. The van der Waals surface area contributed by atoms with Crippen molar-refractivity contribution in [1.82, 2.24) is 14.5 Å². The van der Waals surface area contributed by atoms with Gasteiger partial charge in [-0.15, -0.1) is 6.58 Å². The SMILES string of the molecule is C=CCN(Cc1ccc(C(=O)NC2CCN(C)CC2)cc1)S(=O)(=O)c1ccccc1. The first-order chi connectivity index (χ1) is 14.4. The molecule has 30 heavy (non-hydrogen) atoms. The molecular weight excluding hydrogens is 398 g/mol. The summed E-state index contributed by atoms with van der Waals surface area (Å²) in [7, 11) is -1.55. The molecule has 0 radical (unpaired) electrons. The molecule has 1 aliphatic heterocycles. The third-order valence-corrected chi connectivity index (χ3v) is 7.17. The van der Waals surface area contributed by atoms with Crippen molar-refractivity contribution in [3.63, 3.8) is 0 Å². The van der Waals surface area contributed by atoms with E-state index in [0.29, 0.717) is 5.56 Å². The number of carbonyl (C=O) groups is 1. The fraction of sp³-hybridized carbons (Fsp3) is 0.348. The number of amides is 1. The second kappa shape index (κ2) is 10.0. The number of hydrogen-bond acceptors (Lipinski definition) is 4. The highest BCUT2D eigenvalue weighted by molar-refractivity contribution is 7.89. The summed E-state index contributed by atoms with van der Waals surface area (Å²) in [6.45, 7) is 6.07. The average Bonchev–Trinajstić information content (AvgIpc) is 2.76. The van der Waals surface area contributed by atoms with Crippen LogP contribution < -0.4 is 5.32 Å². The van der Waals surface area contributed by atoms with E-state index in [1.54, 1.807) is 60.7 Å². The minimum absolute atomic E-state index is 0.0871. The Morgan fingerprint density at radius 1 is 1.13 bits per heavy atom. The molecule has 2 aromatic rings. The van der Waals surface area contributed by atoms with Gasteiger partial charge in [0.15, 0.2) is 0 Å². The Kier molecular flexibility index (Phi) is 7.42. The average molecular weight is 428 g/mol. The van der Waals surface area contributed by atoms with E-state index < -0.39 is 10.0 Å². The zero-order valence-corrected chi connectivity index (χ0v) is 18.1. The molecule has 0 aromatic heterocycles. The zero-order chi connectivity index (χ0) is 21.6. The van der Waals surface area contributed by atoms with Gasteiger partial charge in [-0.1, -0.05) is 36.4 Å². The van der Waals surface area contributed by atoms with Gasteiger partial charge in [0.25, 0.3) is 5.91 Å². The van der Waals surface area contributed by atoms with E-state index in [4.69, 9.17) is 0 Å². The van der Waals surface area contributed by atoms with E-state index in [0.717, 1.165) is 31.5 Å². The highest BCUT2D eigenvalue weighted by atomic mass is 32.2. The first kappa shape index (κ1) is 22.2. The zero-order valence-electron chi connectivity index (χ0n) is 17.3. The predicted octanol–water partition coefficient (Wildman–Crippen LogP) is 2.89. The lowest BCUT2D eigenvalue weighted by Gasteiger charge is -2.29. The van der Waals surface area contributed by atoms with Crippen molar-refractivity contribution < 1.29 is 13.2 Å². The maximum atomic E-state index is 13.0. The summed E-state index contributed by atoms with van der Waals surface area (Å²) in [6, 6.07) is 15.7. The van der Waals surface area contributed by atoms with Crippen molar-refractivity contribution in [1.29, 1.82) is 0 Å². The number of sulfonamides is 1. The largest absolute Gasteiger partial charge is 0.349 e. The molecule has 1 saturated heterocycles. The van der Waals surface area contributed by atoms with Gasteiger partial charge in [0.05, 0.1) is 4.90 Å². The van der Waals surface area contributed by atoms with E-state index in [-0.39, 0.29) is 29.9 Å². The van der Waals surface area contributed by atoms with E-state index in [9.17, 15) is 13.2 Å². The highest BCUT2D eigenvalue weighted by Gasteiger charge is 2.24. The minimum atomic E-state index is -3.63. The number of hydrogen-bond donors (Lipinski definition) is 1. The monoisotopic (exact) mass is 427 g/mol. The maximum absolute atomic E-state index is 13.0. The van der Waals surface area contributed by atoms with E-state index >= 15 is 0 Å². The lowest BCUT2D eigenvalue weighted by Crippen LogP contribution is -2.43. The van der Waals surface area contributed by atoms with Gasteiger partial charge in [0, 0.05) is 24.7 Å². The lowest BCUT2D eigenvalue weighted by molar-refractivity contribution is 0.0917. The number of benzene rings is 2. The summed E-state index contributed by atoms with van der Waals surface area (Å²) in [5.74, 6) is -0.0871. The van der Waals surface area contributed by atoms with Crippen LogP contribution in [0.2, 0.25) is 0 Å². The van der Waals surface area contributed by atoms with Crippen molar-refractivity contribution in [2.24, 2.45) is 0 Å². The van der Waals surface area contributed by atoms with E-state index in [1.165, 1.54) is 4.31 Å². The minimum Gasteiger partial charge on any atom is -0.349 e. The summed E-state index contributed by atoms with van der Waals surface area (Å²) in [6.07, 6.45) is 3.48. The third kappa shape index (κ3) is 5.56. The number of rotatable bonds is 8. The van der Waals surface area contributed by atoms with Gasteiger partial charge in [-0.25, -0.2) is 8.42 Å². The summed E-state index contributed by atoms with van der Waals surface area (Å²) < 4.78 is 27.3. The predicted molar refractivity (Wildman–Crippen MR) is 119 cm³/mol. The van der Waals surface area contributed by atoms with Crippen LogP contribution in [-0.2, 0) is 16.6 Å². The molecular formula is C23H29N3O3S. The summed E-state index contributed by atoms with van der Waals surface area (Å²) >= 11 is 0. The third-order valence-electron chi connectivity index (χ3n) is 5.34. The van der Waals surface area contributed by atoms with Gasteiger partial charge >= 0.3 is 0 Å². The molecule has 0 spiro atoms. The molecule has 1 heterocycles. The number of nitrogens with zero attached hydrogens (tertiary/aromatic N) is 2. The van der Waals surface area contributed by atoms with Crippen LogP contribution in [0.3, 0.4) is 0 Å². The van der Waals surface area contributed by atoms with Crippen LogP contribution in [0, 0.1) is 0 Å². The van der Waals surface area contributed by atoms with Gasteiger partial charge in [-0.05, 0) is 62.8 Å². The Hall–Kier alpha value is -2.48. The highest BCUT2D eigenvalue weighted by Crippen LogP contribution is 2.19. The fourth-order valence-electron chi connectivity index (χ4n) is 3.52. The van der Waals surface area contributed by atoms with Crippen LogP contribution in [0.4, 0.5) is 0 Å². The summed E-state index contributed by atoms with van der Waals surface area (Å²) in [5, 5.41) is 3.10. The van der Waals surface area contributed by atoms with Crippen molar-refractivity contribution in [3.05, 3.63) is 78.4 Å². The Morgan fingerprint density at radius 2 is 1.77 bits per heavy atom. The van der Waals surface area contributed by atoms with Gasteiger partial charge < -0.3 is 10.2 Å². The smallest absolute Gasteiger partial charge is 0.251 e. The molecule has 6 nitrogen and oxygen atoms in total. The van der Waals surface area contributed by atoms with Crippen molar-refractivity contribution in [2.75, 3.05) is 26.7 Å². The first-order valence-electron chi connectivity index (χ1n) is 10.1. The van der Waals surface area contributed by atoms with Crippen molar-refractivity contribution in [2.45, 2.75) is 30.3 Å². The molecule has 160 valence electrons. The molecule has 0 aliphatic carbocycles. The van der Waals surface area contributed by atoms with Crippen LogP contribution in [0.5, 0.6) is 0 Å². The topological polar surface area (TPSA) is 69.7 Å². The molecule has 1 aliphatic rings. The fourth-order valence-corrected chi connectivity index (χ4v) is 4.94.